The maximum Gasteiger partial charge on any atom is 0.237 e. The molecule has 2 amide bonds. The summed E-state index contributed by atoms with van der Waals surface area (Å²) in [5, 5.41) is 2.74. The first-order valence-corrected chi connectivity index (χ1v) is 8.86. The first kappa shape index (κ1) is 18.8. The number of benzene rings is 2. The Bertz CT molecular complexity index is 922. The van der Waals surface area contributed by atoms with Gasteiger partial charge in [0.05, 0.1) is 0 Å². The molecule has 27 heavy (non-hydrogen) atoms. The Balaban J connectivity index is 1.92. The van der Waals surface area contributed by atoms with Gasteiger partial charge in [-0.1, -0.05) is 42.5 Å². The summed E-state index contributed by atoms with van der Waals surface area (Å²) in [7, 11) is 1.69. The van der Waals surface area contributed by atoms with Crippen molar-refractivity contribution in [2.24, 2.45) is 5.92 Å². The third-order valence-corrected chi connectivity index (χ3v) is 5.13. The quantitative estimate of drug-likeness (QED) is 0.832. The summed E-state index contributed by atoms with van der Waals surface area (Å²) in [6.07, 6.45) is 0. The predicted molar refractivity (Wildman–Crippen MR) is 105 cm³/mol. The zero-order valence-corrected chi connectivity index (χ0v) is 15.8. The minimum absolute atomic E-state index is 0.229. The highest BCUT2D eigenvalue weighted by Gasteiger charge is 2.44. The summed E-state index contributed by atoms with van der Waals surface area (Å²) < 4.78 is 13.8. The maximum absolute atomic E-state index is 13.8. The SMILES string of the molecule is C=C(C)c1cccc([C@@H]2CN(C)C(=O)[C@H]2C(=O)Nc2cccc(F)c2C)c1. The van der Waals surface area contributed by atoms with Gasteiger partial charge in [0.1, 0.15) is 11.7 Å². The van der Waals surface area contributed by atoms with Gasteiger partial charge in [0.2, 0.25) is 11.8 Å². The van der Waals surface area contributed by atoms with Gasteiger partial charge >= 0.3 is 0 Å². The van der Waals surface area contributed by atoms with E-state index in [1.54, 1.807) is 24.9 Å². The molecule has 1 aliphatic heterocycles. The van der Waals surface area contributed by atoms with E-state index in [1.165, 1.54) is 12.1 Å². The van der Waals surface area contributed by atoms with E-state index in [1.807, 2.05) is 31.2 Å². The third-order valence-electron chi connectivity index (χ3n) is 5.13. The van der Waals surface area contributed by atoms with Gasteiger partial charge in [-0.2, -0.15) is 0 Å². The van der Waals surface area contributed by atoms with Gasteiger partial charge in [0.25, 0.3) is 0 Å². The Morgan fingerprint density at radius 2 is 1.96 bits per heavy atom. The highest BCUT2D eigenvalue weighted by atomic mass is 19.1. The van der Waals surface area contributed by atoms with Crippen LogP contribution in [0.5, 0.6) is 0 Å². The van der Waals surface area contributed by atoms with Gasteiger partial charge < -0.3 is 10.2 Å². The molecule has 1 fully saturated rings. The summed E-state index contributed by atoms with van der Waals surface area (Å²) >= 11 is 0. The van der Waals surface area contributed by atoms with Crippen molar-refractivity contribution >= 4 is 23.1 Å². The normalized spacial score (nSPS) is 19.3. The number of likely N-dealkylation sites (N-methyl/N-ethyl adjacent to an activating group) is 1. The van der Waals surface area contributed by atoms with Crippen molar-refractivity contribution < 1.29 is 14.0 Å². The molecule has 1 saturated heterocycles. The maximum atomic E-state index is 13.8. The van der Waals surface area contributed by atoms with E-state index in [9.17, 15) is 14.0 Å². The number of nitrogens with zero attached hydrogens (tertiary/aromatic N) is 1. The molecule has 0 aromatic heterocycles. The number of nitrogens with one attached hydrogen (secondary N) is 1. The largest absolute Gasteiger partial charge is 0.344 e. The summed E-state index contributed by atoms with van der Waals surface area (Å²) in [5.74, 6) is -2.15. The average Bonchev–Trinajstić information content (AvgIpc) is 2.94. The van der Waals surface area contributed by atoms with Gasteiger partial charge in [0.15, 0.2) is 0 Å². The van der Waals surface area contributed by atoms with Gasteiger partial charge in [-0.25, -0.2) is 4.39 Å². The molecule has 0 saturated carbocycles. The van der Waals surface area contributed by atoms with Crippen LogP contribution in [0.2, 0.25) is 0 Å². The highest BCUT2D eigenvalue weighted by Crippen LogP contribution is 2.35. The lowest BCUT2D eigenvalue weighted by Gasteiger charge is -2.18. The molecule has 0 spiro atoms. The summed E-state index contributed by atoms with van der Waals surface area (Å²) in [6, 6.07) is 12.3. The fourth-order valence-corrected chi connectivity index (χ4v) is 3.48. The lowest BCUT2D eigenvalue weighted by Crippen LogP contribution is -2.33. The molecular weight excluding hydrogens is 343 g/mol. The van der Waals surface area contributed by atoms with Crippen molar-refractivity contribution in [1.29, 1.82) is 0 Å². The van der Waals surface area contributed by atoms with Crippen LogP contribution in [-0.2, 0) is 9.59 Å². The van der Waals surface area contributed by atoms with E-state index in [4.69, 9.17) is 0 Å². The van der Waals surface area contributed by atoms with E-state index in [0.717, 1.165) is 16.7 Å². The van der Waals surface area contributed by atoms with Crippen molar-refractivity contribution in [1.82, 2.24) is 4.90 Å². The lowest BCUT2D eigenvalue weighted by atomic mass is 9.86. The van der Waals surface area contributed by atoms with E-state index in [-0.39, 0.29) is 11.8 Å². The summed E-state index contributed by atoms with van der Waals surface area (Å²) in [6.45, 7) is 7.93. The van der Waals surface area contributed by atoms with Gasteiger partial charge in [-0.3, -0.25) is 9.59 Å². The van der Waals surface area contributed by atoms with Gasteiger partial charge in [0, 0.05) is 30.8 Å². The van der Waals surface area contributed by atoms with Crippen LogP contribution < -0.4 is 5.32 Å². The molecule has 2 aromatic rings. The molecule has 5 heteroatoms. The van der Waals surface area contributed by atoms with E-state index < -0.39 is 17.6 Å². The van der Waals surface area contributed by atoms with Crippen molar-refractivity contribution in [3.8, 4) is 0 Å². The van der Waals surface area contributed by atoms with Gasteiger partial charge in [-0.15, -0.1) is 0 Å². The number of hydrogen-bond donors (Lipinski definition) is 1. The fraction of sp³-hybridized carbons (Fsp3) is 0.273. The first-order valence-electron chi connectivity index (χ1n) is 8.86. The van der Waals surface area contributed by atoms with Crippen LogP contribution in [0.25, 0.3) is 5.57 Å². The number of anilines is 1. The van der Waals surface area contributed by atoms with Crippen LogP contribution >= 0.6 is 0 Å². The Labute approximate surface area is 158 Å². The molecule has 1 N–H and O–H groups in total. The summed E-state index contributed by atoms with van der Waals surface area (Å²) in [5.41, 5.74) is 3.56. The van der Waals surface area contributed by atoms with Crippen LogP contribution in [0.1, 0.15) is 29.5 Å². The Hall–Kier alpha value is -2.95. The van der Waals surface area contributed by atoms with E-state index in [2.05, 4.69) is 11.9 Å². The number of carbonyl (C=O) groups is 2. The average molecular weight is 366 g/mol. The number of halogens is 1. The van der Waals surface area contributed by atoms with Crippen molar-refractivity contribution in [2.75, 3.05) is 18.9 Å². The number of likely N-dealkylation sites (tertiary alicyclic amines) is 1. The molecule has 0 bridgehead atoms. The summed E-state index contributed by atoms with van der Waals surface area (Å²) in [4.78, 5) is 27.2. The molecule has 4 nitrogen and oxygen atoms in total. The van der Waals surface area contributed by atoms with Crippen LogP contribution in [0.15, 0.2) is 49.0 Å². The smallest absolute Gasteiger partial charge is 0.237 e. The molecular formula is C22H23FN2O2. The zero-order valence-electron chi connectivity index (χ0n) is 15.8. The Morgan fingerprint density at radius 1 is 1.26 bits per heavy atom. The molecule has 0 unspecified atom stereocenters. The van der Waals surface area contributed by atoms with E-state index in [0.29, 0.717) is 17.8 Å². The minimum atomic E-state index is -0.849. The molecule has 2 atom stereocenters. The third kappa shape index (κ3) is 3.63. The molecule has 0 aliphatic carbocycles. The fourth-order valence-electron chi connectivity index (χ4n) is 3.48. The Morgan fingerprint density at radius 3 is 2.67 bits per heavy atom. The van der Waals surface area contributed by atoms with E-state index >= 15 is 0 Å². The van der Waals surface area contributed by atoms with Crippen LogP contribution in [0.3, 0.4) is 0 Å². The molecule has 1 heterocycles. The van der Waals surface area contributed by atoms with Crippen LogP contribution in [0, 0.1) is 18.7 Å². The number of allylic oxidation sites excluding steroid dienone is 1. The predicted octanol–water partition coefficient (Wildman–Crippen LogP) is 3.98. The van der Waals surface area contributed by atoms with Crippen LogP contribution in [-0.4, -0.2) is 30.3 Å². The second-order valence-corrected chi connectivity index (χ2v) is 7.11. The molecule has 140 valence electrons. The number of amides is 2. The molecule has 1 aliphatic rings. The Kier molecular flexibility index (Phi) is 5.13. The highest BCUT2D eigenvalue weighted by molar-refractivity contribution is 6.08. The number of rotatable bonds is 4. The molecule has 2 aromatic carbocycles. The monoisotopic (exact) mass is 366 g/mol. The number of hydrogen-bond acceptors (Lipinski definition) is 2. The van der Waals surface area contributed by atoms with Crippen LogP contribution in [0.4, 0.5) is 10.1 Å². The van der Waals surface area contributed by atoms with Crippen molar-refractivity contribution in [2.45, 2.75) is 19.8 Å². The lowest BCUT2D eigenvalue weighted by molar-refractivity contribution is -0.135. The van der Waals surface area contributed by atoms with Crippen molar-refractivity contribution in [3.05, 3.63) is 71.6 Å². The first-order chi connectivity index (χ1) is 12.8. The minimum Gasteiger partial charge on any atom is -0.344 e. The second-order valence-electron chi connectivity index (χ2n) is 7.11. The van der Waals surface area contributed by atoms with Gasteiger partial charge in [-0.05, 0) is 37.1 Å². The zero-order chi connectivity index (χ0) is 19.7. The van der Waals surface area contributed by atoms with Crippen molar-refractivity contribution in [3.63, 3.8) is 0 Å². The standard InChI is InChI=1S/C22H23FN2O2/c1-13(2)15-7-5-8-16(11-15)17-12-25(4)22(27)20(17)21(26)24-19-10-6-9-18(23)14(19)3/h5-11,17,20H,1,12H2,2-4H3,(H,24,26)/t17-,20+/m0/s1. The molecule has 0 radical (unpaired) electrons. The molecule has 3 rings (SSSR count). The number of carbonyl (C=O) groups excluding carboxylic acids is 2. The second kappa shape index (κ2) is 7.35. The topological polar surface area (TPSA) is 49.4 Å².